The van der Waals surface area contributed by atoms with E-state index >= 15 is 0 Å². The van der Waals surface area contributed by atoms with E-state index in [9.17, 15) is 18.0 Å². The number of benzene rings is 2. The molecule has 1 aliphatic heterocycles. The molecule has 1 atom stereocenters. The molecular formula is C19H18F3N3O3. The molecule has 2 aromatic rings. The van der Waals surface area contributed by atoms with Crippen LogP contribution in [0.4, 0.5) is 18.0 Å². The summed E-state index contributed by atoms with van der Waals surface area (Å²) < 4.78 is 42.8. The highest BCUT2D eigenvalue weighted by Crippen LogP contribution is 2.42. The summed E-state index contributed by atoms with van der Waals surface area (Å²) in [6, 6.07) is 12.0. The van der Waals surface area contributed by atoms with Crippen LogP contribution in [0.5, 0.6) is 0 Å². The standard InChI is InChI=1S/C19H18F3N3O3/c20-15-6-4-12(5-7-15)10-23-18(26)24-11-13-2-1-3-14(8-13)16(25-27)9-17-19(21,22)28-17/h1-8,17,27H,9-11H2,(H2,23,24,26)/b25-16+. The zero-order chi connectivity index (χ0) is 20.1. The van der Waals surface area contributed by atoms with Gasteiger partial charge in [-0.25, -0.2) is 9.18 Å². The van der Waals surface area contributed by atoms with E-state index in [1.807, 2.05) is 0 Å². The summed E-state index contributed by atoms with van der Waals surface area (Å²) in [5.41, 5.74) is 1.98. The summed E-state index contributed by atoms with van der Waals surface area (Å²) in [6.45, 7) is 0.418. The van der Waals surface area contributed by atoms with E-state index in [0.717, 1.165) is 5.56 Å². The second kappa shape index (κ2) is 8.30. The molecule has 1 fully saturated rings. The lowest BCUT2D eigenvalue weighted by Crippen LogP contribution is -2.34. The molecule has 0 radical (unpaired) electrons. The topological polar surface area (TPSA) is 86.3 Å². The van der Waals surface area contributed by atoms with Gasteiger partial charge in [0.15, 0.2) is 6.10 Å². The summed E-state index contributed by atoms with van der Waals surface area (Å²) in [5, 5.41) is 17.5. The van der Waals surface area contributed by atoms with Crippen LogP contribution in [0.2, 0.25) is 0 Å². The SMILES string of the molecule is O=C(NCc1ccc(F)cc1)NCc1cccc(/C(CC2OC2(F)F)=N/O)c1. The number of amides is 2. The van der Waals surface area contributed by atoms with Gasteiger partial charge in [-0.3, -0.25) is 0 Å². The Balaban J connectivity index is 1.51. The number of nitrogens with one attached hydrogen (secondary N) is 2. The van der Waals surface area contributed by atoms with Crippen LogP contribution >= 0.6 is 0 Å². The number of alkyl halides is 2. The van der Waals surface area contributed by atoms with Crippen LogP contribution in [0.3, 0.4) is 0 Å². The Morgan fingerprint density at radius 1 is 1.11 bits per heavy atom. The Labute approximate surface area is 159 Å². The predicted octanol–water partition coefficient (Wildman–Crippen LogP) is 3.39. The quantitative estimate of drug-likeness (QED) is 0.292. The Kier molecular flexibility index (Phi) is 5.84. The van der Waals surface area contributed by atoms with E-state index in [1.165, 1.54) is 12.1 Å². The predicted molar refractivity (Wildman–Crippen MR) is 94.7 cm³/mol. The first kappa shape index (κ1) is 19.7. The summed E-state index contributed by atoms with van der Waals surface area (Å²) >= 11 is 0. The van der Waals surface area contributed by atoms with Crippen molar-refractivity contribution < 1.29 is 27.9 Å². The molecule has 3 rings (SSSR count). The van der Waals surface area contributed by atoms with Gasteiger partial charge < -0.3 is 20.6 Å². The third kappa shape index (κ3) is 5.23. The fourth-order valence-corrected chi connectivity index (χ4v) is 2.60. The molecule has 28 heavy (non-hydrogen) atoms. The van der Waals surface area contributed by atoms with E-state index in [2.05, 4.69) is 20.5 Å². The largest absolute Gasteiger partial charge is 0.411 e. The van der Waals surface area contributed by atoms with Gasteiger partial charge in [-0.05, 0) is 34.9 Å². The van der Waals surface area contributed by atoms with Gasteiger partial charge in [-0.1, -0.05) is 35.5 Å². The van der Waals surface area contributed by atoms with Gasteiger partial charge in [0.1, 0.15) is 5.82 Å². The normalized spacial score (nSPS) is 17.8. The molecule has 1 aliphatic rings. The molecule has 0 aromatic heterocycles. The van der Waals surface area contributed by atoms with Crippen LogP contribution in [0.15, 0.2) is 53.7 Å². The zero-order valence-corrected chi connectivity index (χ0v) is 14.7. The van der Waals surface area contributed by atoms with E-state index in [-0.39, 0.29) is 31.0 Å². The monoisotopic (exact) mass is 393 g/mol. The van der Waals surface area contributed by atoms with E-state index < -0.39 is 18.2 Å². The van der Waals surface area contributed by atoms with E-state index in [4.69, 9.17) is 5.21 Å². The number of oxime groups is 1. The maximum absolute atomic E-state index is 12.9. The molecule has 1 heterocycles. The molecule has 3 N–H and O–H groups in total. The van der Waals surface area contributed by atoms with Gasteiger partial charge in [0.2, 0.25) is 0 Å². The highest BCUT2D eigenvalue weighted by Gasteiger charge is 2.60. The van der Waals surface area contributed by atoms with E-state index in [0.29, 0.717) is 11.1 Å². The molecular weight excluding hydrogens is 375 g/mol. The highest BCUT2D eigenvalue weighted by molar-refractivity contribution is 6.00. The number of carbonyl (C=O) groups is 1. The maximum Gasteiger partial charge on any atom is 0.383 e. The van der Waals surface area contributed by atoms with Crippen LogP contribution in [0.25, 0.3) is 0 Å². The molecule has 0 spiro atoms. The van der Waals surface area contributed by atoms with Crippen molar-refractivity contribution in [1.29, 1.82) is 0 Å². The first-order valence-corrected chi connectivity index (χ1v) is 8.49. The van der Waals surface area contributed by atoms with Crippen LogP contribution in [0.1, 0.15) is 23.1 Å². The molecule has 1 saturated heterocycles. The second-order valence-corrected chi connectivity index (χ2v) is 6.28. The number of hydrogen-bond acceptors (Lipinski definition) is 4. The van der Waals surface area contributed by atoms with Crippen molar-refractivity contribution in [1.82, 2.24) is 10.6 Å². The van der Waals surface area contributed by atoms with Crippen molar-refractivity contribution >= 4 is 11.7 Å². The number of carbonyl (C=O) groups excluding carboxylic acids is 1. The Hall–Kier alpha value is -3.07. The van der Waals surface area contributed by atoms with Gasteiger partial charge in [-0.15, -0.1) is 0 Å². The Morgan fingerprint density at radius 2 is 1.75 bits per heavy atom. The minimum absolute atomic E-state index is 0.0739. The van der Waals surface area contributed by atoms with Crippen molar-refractivity contribution in [3.05, 3.63) is 71.0 Å². The third-order valence-electron chi connectivity index (χ3n) is 4.20. The number of nitrogens with zero attached hydrogens (tertiary/aromatic N) is 1. The summed E-state index contributed by atoms with van der Waals surface area (Å²) in [5.74, 6) is -0.351. The minimum Gasteiger partial charge on any atom is -0.411 e. The number of urea groups is 1. The zero-order valence-electron chi connectivity index (χ0n) is 14.7. The second-order valence-electron chi connectivity index (χ2n) is 6.28. The number of halogens is 3. The summed E-state index contributed by atoms with van der Waals surface area (Å²) in [6.07, 6.45) is -4.70. The lowest BCUT2D eigenvalue weighted by atomic mass is 10.0. The van der Waals surface area contributed by atoms with Gasteiger partial charge in [-0.2, -0.15) is 8.78 Å². The summed E-state index contributed by atoms with van der Waals surface area (Å²) in [4.78, 5) is 11.9. The molecule has 0 bridgehead atoms. The third-order valence-corrected chi connectivity index (χ3v) is 4.20. The average Bonchev–Trinajstić information content (AvgIpc) is 3.30. The number of ether oxygens (including phenoxy) is 1. The number of rotatable bonds is 7. The van der Waals surface area contributed by atoms with Crippen LogP contribution in [-0.4, -0.2) is 29.2 Å². The first-order chi connectivity index (χ1) is 13.4. The van der Waals surface area contributed by atoms with E-state index in [1.54, 1.807) is 36.4 Å². The molecule has 0 aliphatic carbocycles. The Morgan fingerprint density at radius 3 is 2.36 bits per heavy atom. The lowest BCUT2D eigenvalue weighted by molar-refractivity contribution is 0.00138. The van der Waals surface area contributed by atoms with Crippen molar-refractivity contribution in [2.24, 2.45) is 5.16 Å². The van der Waals surface area contributed by atoms with Crippen molar-refractivity contribution in [3.63, 3.8) is 0 Å². The van der Waals surface area contributed by atoms with Gasteiger partial charge >= 0.3 is 12.1 Å². The van der Waals surface area contributed by atoms with Crippen LogP contribution < -0.4 is 10.6 Å². The molecule has 6 nitrogen and oxygen atoms in total. The smallest absolute Gasteiger partial charge is 0.383 e. The van der Waals surface area contributed by atoms with Gasteiger partial charge in [0.25, 0.3) is 0 Å². The molecule has 148 valence electrons. The molecule has 2 aromatic carbocycles. The van der Waals surface area contributed by atoms with Crippen molar-refractivity contribution in [2.45, 2.75) is 31.7 Å². The average molecular weight is 393 g/mol. The van der Waals surface area contributed by atoms with Crippen LogP contribution in [-0.2, 0) is 17.8 Å². The molecule has 1 unspecified atom stereocenters. The number of epoxide rings is 1. The molecule has 2 amide bonds. The van der Waals surface area contributed by atoms with Crippen molar-refractivity contribution in [2.75, 3.05) is 0 Å². The first-order valence-electron chi connectivity index (χ1n) is 8.49. The minimum atomic E-state index is -3.18. The highest BCUT2D eigenvalue weighted by atomic mass is 19.3. The molecule has 0 saturated carbocycles. The van der Waals surface area contributed by atoms with Crippen molar-refractivity contribution in [3.8, 4) is 0 Å². The lowest BCUT2D eigenvalue weighted by Gasteiger charge is -2.09. The fraction of sp³-hybridized carbons (Fsp3) is 0.263. The molecule has 9 heteroatoms. The fourth-order valence-electron chi connectivity index (χ4n) is 2.60. The summed E-state index contributed by atoms with van der Waals surface area (Å²) in [7, 11) is 0. The maximum atomic E-state index is 12.9. The van der Waals surface area contributed by atoms with Gasteiger partial charge in [0, 0.05) is 19.5 Å². The van der Waals surface area contributed by atoms with Crippen LogP contribution in [0, 0.1) is 5.82 Å². The van der Waals surface area contributed by atoms with Gasteiger partial charge in [0.05, 0.1) is 5.71 Å². The number of hydrogen-bond donors (Lipinski definition) is 3. The Bertz CT molecular complexity index is 872.